The van der Waals surface area contributed by atoms with E-state index in [1.54, 1.807) is 12.1 Å². The van der Waals surface area contributed by atoms with Crippen LogP contribution in [-0.2, 0) is 9.84 Å². The maximum Gasteiger partial charge on any atom is 0.252 e. The number of H-pyrrole nitrogens is 1. The van der Waals surface area contributed by atoms with Crippen molar-refractivity contribution in [1.29, 1.82) is 0 Å². The molecule has 0 unspecified atom stereocenters. The predicted molar refractivity (Wildman–Crippen MR) is 63.9 cm³/mol. The molecule has 2 rings (SSSR count). The van der Waals surface area contributed by atoms with E-state index in [0.29, 0.717) is 0 Å². The van der Waals surface area contributed by atoms with Crippen LogP contribution in [0.2, 0.25) is 0 Å². The molecule has 18 heavy (non-hydrogen) atoms. The van der Waals surface area contributed by atoms with E-state index in [-0.39, 0.29) is 15.6 Å². The van der Waals surface area contributed by atoms with Gasteiger partial charge in [0.05, 0.1) is 10.5 Å². The first-order chi connectivity index (χ1) is 8.57. The van der Waals surface area contributed by atoms with E-state index in [9.17, 15) is 13.2 Å². The highest BCUT2D eigenvalue weighted by Crippen LogP contribution is 2.21. The quantitative estimate of drug-likeness (QED) is 0.850. The molecule has 0 bridgehead atoms. The van der Waals surface area contributed by atoms with E-state index in [1.165, 1.54) is 31.6 Å². The van der Waals surface area contributed by atoms with E-state index < -0.39 is 15.7 Å². The number of imidazole rings is 1. The van der Waals surface area contributed by atoms with Crippen LogP contribution in [0, 0.1) is 0 Å². The summed E-state index contributed by atoms with van der Waals surface area (Å²) < 4.78 is 24.5. The van der Waals surface area contributed by atoms with E-state index in [4.69, 9.17) is 0 Å². The summed E-state index contributed by atoms with van der Waals surface area (Å²) in [6.45, 7) is 0. The number of hydrogen-bond donors (Lipinski definition) is 2. The zero-order chi connectivity index (χ0) is 13.2. The first-order valence-electron chi connectivity index (χ1n) is 5.13. The Bertz CT molecular complexity index is 663. The lowest BCUT2D eigenvalue weighted by Gasteiger charge is -2.07. The second-order valence-electron chi connectivity index (χ2n) is 3.47. The monoisotopic (exact) mass is 265 g/mol. The number of carbonyl (C=O) groups is 1. The van der Waals surface area contributed by atoms with Gasteiger partial charge >= 0.3 is 0 Å². The minimum absolute atomic E-state index is 0.0701. The van der Waals surface area contributed by atoms with E-state index in [1.807, 2.05) is 0 Å². The largest absolute Gasteiger partial charge is 0.355 e. The maximum absolute atomic E-state index is 12.3. The molecule has 0 radical (unpaired) electrons. The van der Waals surface area contributed by atoms with Crippen molar-refractivity contribution in [2.45, 2.75) is 10.1 Å². The van der Waals surface area contributed by atoms with Crippen molar-refractivity contribution >= 4 is 15.7 Å². The lowest BCUT2D eigenvalue weighted by molar-refractivity contribution is 0.0960. The van der Waals surface area contributed by atoms with Gasteiger partial charge in [0, 0.05) is 19.4 Å². The fourth-order valence-electron chi connectivity index (χ4n) is 1.53. The summed E-state index contributed by atoms with van der Waals surface area (Å²) in [5, 5.41) is 2.22. The second-order valence-corrected chi connectivity index (χ2v) is 5.31. The third-order valence-corrected chi connectivity index (χ3v) is 4.04. The molecule has 0 aliphatic rings. The lowest BCUT2D eigenvalue weighted by atomic mass is 10.2. The molecule has 2 aromatic rings. The van der Waals surface area contributed by atoms with Crippen molar-refractivity contribution < 1.29 is 13.2 Å². The van der Waals surface area contributed by atoms with Gasteiger partial charge in [-0.2, -0.15) is 0 Å². The number of hydrogen-bond acceptors (Lipinski definition) is 4. The number of nitrogens with zero attached hydrogens (tertiary/aromatic N) is 1. The average Bonchev–Trinajstić information content (AvgIpc) is 2.92. The van der Waals surface area contributed by atoms with Gasteiger partial charge in [0.25, 0.3) is 5.91 Å². The van der Waals surface area contributed by atoms with Crippen LogP contribution in [0.3, 0.4) is 0 Å². The molecule has 0 atom stereocenters. The van der Waals surface area contributed by atoms with Gasteiger partial charge < -0.3 is 10.3 Å². The fourth-order valence-corrected chi connectivity index (χ4v) is 2.86. The Morgan fingerprint density at radius 3 is 2.67 bits per heavy atom. The van der Waals surface area contributed by atoms with Crippen molar-refractivity contribution in [1.82, 2.24) is 15.3 Å². The summed E-state index contributed by atoms with van der Waals surface area (Å²) in [5.41, 5.74) is 0.0939. The molecule has 0 fully saturated rings. The van der Waals surface area contributed by atoms with Crippen molar-refractivity contribution in [3.05, 3.63) is 42.2 Å². The Kier molecular flexibility index (Phi) is 3.15. The molecule has 0 spiro atoms. The van der Waals surface area contributed by atoms with Crippen LogP contribution in [0.4, 0.5) is 0 Å². The van der Waals surface area contributed by atoms with E-state index in [0.717, 1.165) is 0 Å². The molecule has 1 heterocycles. The van der Waals surface area contributed by atoms with E-state index >= 15 is 0 Å². The minimum atomic E-state index is -3.81. The number of carbonyl (C=O) groups excluding carboxylic acids is 1. The van der Waals surface area contributed by atoms with E-state index in [2.05, 4.69) is 15.3 Å². The molecule has 1 amide bonds. The standard InChI is InChI=1S/C11H11N3O3S/c1-12-10(15)8-4-2-3-5-9(8)18(16,17)11-13-6-7-14-11/h2-7H,1H3,(H,12,15)(H,13,14). The summed E-state index contributed by atoms with van der Waals surface area (Å²) in [7, 11) is -2.37. The summed E-state index contributed by atoms with van der Waals surface area (Å²) >= 11 is 0. The van der Waals surface area contributed by atoms with Crippen molar-refractivity contribution in [3.63, 3.8) is 0 Å². The molecule has 1 aromatic heterocycles. The van der Waals surface area contributed by atoms with Gasteiger partial charge in [-0.15, -0.1) is 0 Å². The molecule has 0 saturated heterocycles. The molecule has 0 saturated carbocycles. The minimum Gasteiger partial charge on any atom is -0.355 e. The van der Waals surface area contributed by atoms with Crippen molar-refractivity contribution in [2.75, 3.05) is 7.05 Å². The number of amides is 1. The topological polar surface area (TPSA) is 91.9 Å². The highest BCUT2D eigenvalue weighted by molar-refractivity contribution is 7.91. The molecule has 2 N–H and O–H groups in total. The maximum atomic E-state index is 12.3. The summed E-state index contributed by atoms with van der Waals surface area (Å²) in [4.78, 5) is 17.8. The Balaban J connectivity index is 2.62. The summed E-state index contributed by atoms with van der Waals surface area (Å²) in [5.74, 6) is -0.458. The van der Waals surface area contributed by atoms with Crippen LogP contribution in [0.5, 0.6) is 0 Å². The van der Waals surface area contributed by atoms with Crippen LogP contribution < -0.4 is 5.32 Å². The number of aromatic nitrogens is 2. The zero-order valence-electron chi connectivity index (χ0n) is 9.54. The van der Waals surface area contributed by atoms with Crippen molar-refractivity contribution in [3.8, 4) is 0 Å². The smallest absolute Gasteiger partial charge is 0.252 e. The highest BCUT2D eigenvalue weighted by atomic mass is 32.2. The molecule has 6 nitrogen and oxygen atoms in total. The van der Waals surface area contributed by atoms with Crippen LogP contribution in [0.15, 0.2) is 46.7 Å². The first kappa shape index (κ1) is 12.3. The number of rotatable bonds is 3. The molecule has 1 aromatic carbocycles. The van der Waals surface area contributed by atoms with Gasteiger partial charge in [0.2, 0.25) is 15.0 Å². The predicted octanol–water partition coefficient (Wildman–Crippen LogP) is 0.602. The van der Waals surface area contributed by atoms with Gasteiger partial charge in [-0.1, -0.05) is 12.1 Å². The van der Waals surface area contributed by atoms with Crippen LogP contribution >= 0.6 is 0 Å². The molecule has 7 heteroatoms. The normalized spacial score (nSPS) is 11.2. The van der Waals surface area contributed by atoms with Crippen molar-refractivity contribution in [2.24, 2.45) is 0 Å². The molecular formula is C11H11N3O3S. The van der Waals surface area contributed by atoms with Gasteiger partial charge in [-0.25, -0.2) is 13.4 Å². The van der Waals surface area contributed by atoms with Gasteiger partial charge in [0.1, 0.15) is 0 Å². The number of benzene rings is 1. The van der Waals surface area contributed by atoms with Gasteiger partial charge in [-0.3, -0.25) is 4.79 Å². The molecular weight excluding hydrogens is 254 g/mol. The number of aromatic amines is 1. The highest BCUT2D eigenvalue weighted by Gasteiger charge is 2.25. The third kappa shape index (κ3) is 2.00. The summed E-state index contributed by atoms with van der Waals surface area (Å²) in [6.07, 6.45) is 2.75. The number of sulfone groups is 1. The molecule has 0 aliphatic carbocycles. The Labute approximate surface area is 104 Å². The van der Waals surface area contributed by atoms with Gasteiger partial charge in [0.15, 0.2) is 0 Å². The Morgan fingerprint density at radius 2 is 2.06 bits per heavy atom. The van der Waals surface area contributed by atoms with Crippen LogP contribution in [0.25, 0.3) is 0 Å². The van der Waals surface area contributed by atoms with Crippen LogP contribution in [0.1, 0.15) is 10.4 Å². The Hall–Kier alpha value is -2.15. The third-order valence-electron chi connectivity index (χ3n) is 2.38. The Morgan fingerprint density at radius 1 is 1.33 bits per heavy atom. The average molecular weight is 265 g/mol. The van der Waals surface area contributed by atoms with Crippen LogP contribution in [-0.4, -0.2) is 31.3 Å². The zero-order valence-corrected chi connectivity index (χ0v) is 10.4. The summed E-state index contributed by atoms with van der Waals surface area (Å²) in [6, 6.07) is 5.99. The molecule has 0 aliphatic heterocycles. The van der Waals surface area contributed by atoms with Gasteiger partial charge in [-0.05, 0) is 12.1 Å². The molecule has 94 valence electrons. The number of nitrogens with one attached hydrogen (secondary N) is 2. The first-order valence-corrected chi connectivity index (χ1v) is 6.61. The SMILES string of the molecule is CNC(=O)c1ccccc1S(=O)(=O)c1ncc[nH]1. The fraction of sp³-hybridized carbons (Fsp3) is 0.0909. The lowest BCUT2D eigenvalue weighted by Crippen LogP contribution is -2.21. The second kappa shape index (κ2) is 4.61.